The minimum Gasteiger partial charge on any atom is -0.478 e. The maximum absolute atomic E-state index is 14.1. The summed E-state index contributed by atoms with van der Waals surface area (Å²) in [6, 6.07) is 11.3. The summed E-state index contributed by atoms with van der Waals surface area (Å²) in [7, 11) is 1.75. The van der Waals surface area contributed by atoms with Crippen molar-refractivity contribution in [3.8, 4) is 0 Å². The van der Waals surface area contributed by atoms with Gasteiger partial charge in [-0.3, -0.25) is 15.0 Å². The molecule has 1 saturated heterocycles. The number of anilines is 2. The topological polar surface area (TPSA) is 161 Å². The Morgan fingerprint density at radius 3 is 2.33 bits per heavy atom. The van der Waals surface area contributed by atoms with Crippen LogP contribution in [-0.4, -0.2) is 73.1 Å². The second-order valence-corrected chi connectivity index (χ2v) is 11.8. The summed E-state index contributed by atoms with van der Waals surface area (Å²) in [6.45, 7) is 2.81. The molecule has 0 aromatic heterocycles. The number of guanidine groups is 1. The zero-order chi connectivity index (χ0) is 30.5. The lowest BCUT2D eigenvalue weighted by molar-refractivity contribution is -0.144. The first-order valence-electron chi connectivity index (χ1n) is 15.2. The van der Waals surface area contributed by atoms with Crippen molar-refractivity contribution in [1.82, 2.24) is 10.2 Å². The van der Waals surface area contributed by atoms with E-state index in [1.54, 1.807) is 24.1 Å². The van der Waals surface area contributed by atoms with E-state index >= 15 is 0 Å². The maximum atomic E-state index is 14.1. The van der Waals surface area contributed by atoms with Crippen molar-refractivity contribution >= 4 is 35.1 Å². The Morgan fingerprint density at radius 1 is 1.00 bits per heavy atom. The number of carbonyl (C=O) groups is 3. The van der Waals surface area contributed by atoms with Crippen molar-refractivity contribution in [3.63, 3.8) is 0 Å². The maximum Gasteiger partial charge on any atom is 0.335 e. The fourth-order valence-electron chi connectivity index (χ4n) is 6.81. The average Bonchev–Trinajstić information content (AvgIpc) is 3.03. The van der Waals surface area contributed by atoms with Crippen molar-refractivity contribution in [2.24, 2.45) is 17.6 Å². The molecule has 1 atom stereocenters. The molecule has 0 bridgehead atoms. The third-order valence-corrected chi connectivity index (χ3v) is 9.22. The lowest BCUT2D eigenvalue weighted by atomic mass is 9.80. The van der Waals surface area contributed by atoms with Crippen molar-refractivity contribution in [1.29, 1.82) is 5.41 Å². The Kier molecular flexibility index (Phi) is 9.49. The zero-order valence-electron chi connectivity index (χ0n) is 24.7. The Hall–Kier alpha value is -4.12. The summed E-state index contributed by atoms with van der Waals surface area (Å²) in [5, 5.41) is 22.5. The number of benzene rings is 2. The van der Waals surface area contributed by atoms with Gasteiger partial charge in [0.15, 0.2) is 5.96 Å². The predicted octanol–water partition coefficient (Wildman–Crippen LogP) is 3.35. The summed E-state index contributed by atoms with van der Waals surface area (Å²) < 4.78 is 5.57. The molecule has 1 unspecified atom stereocenters. The first-order chi connectivity index (χ1) is 20.7. The molecule has 6 N–H and O–H groups in total. The number of carbonyl (C=O) groups excluding carboxylic acids is 2. The van der Waals surface area contributed by atoms with Crippen LogP contribution in [0, 0.1) is 17.2 Å². The molecule has 11 nitrogen and oxygen atoms in total. The minimum absolute atomic E-state index is 0.00341. The number of hydrogen-bond acceptors (Lipinski definition) is 6. The highest BCUT2D eigenvalue weighted by Crippen LogP contribution is 2.39. The standard InChI is InChI=1S/C32H42N6O5/c1-43-24-13-16-37(17-14-24)27-4-2-3-26-25(27)15-18-38(30(40)21-7-5-20(6-8-21)19-35-32(33)34)28(26)29(39)36-23-11-9-22(10-12-23)31(41)42/h2-4,9-12,20-21,24,28H,5-8,13-19H2,1H3,(H,36,39)(H,41,42)(H4,33,34,35)/t20-,21-,28?. The number of ether oxygens (including phenoxy) is 1. The van der Waals surface area contributed by atoms with Crippen LogP contribution in [0.4, 0.5) is 11.4 Å². The van der Waals surface area contributed by atoms with E-state index in [1.165, 1.54) is 12.1 Å². The van der Waals surface area contributed by atoms with Gasteiger partial charge in [-0.15, -0.1) is 0 Å². The van der Waals surface area contributed by atoms with Gasteiger partial charge in [-0.2, -0.15) is 0 Å². The van der Waals surface area contributed by atoms with E-state index in [-0.39, 0.29) is 35.4 Å². The van der Waals surface area contributed by atoms with Gasteiger partial charge in [0.25, 0.3) is 5.91 Å². The van der Waals surface area contributed by atoms with E-state index in [2.05, 4.69) is 21.6 Å². The Labute approximate surface area is 252 Å². The van der Waals surface area contributed by atoms with Crippen LogP contribution in [0.3, 0.4) is 0 Å². The van der Waals surface area contributed by atoms with Gasteiger partial charge in [-0.25, -0.2) is 4.79 Å². The lowest BCUT2D eigenvalue weighted by Gasteiger charge is -2.42. The normalized spacial score (nSPS) is 22.4. The number of carboxylic acid groups (broad SMARTS) is 1. The molecule has 2 aliphatic heterocycles. The second-order valence-electron chi connectivity index (χ2n) is 11.8. The predicted molar refractivity (Wildman–Crippen MR) is 164 cm³/mol. The molecule has 0 spiro atoms. The highest BCUT2D eigenvalue weighted by atomic mass is 16.5. The van der Waals surface area contributed by atoms with Gasteiger partial charge in [-0.05, 0) is 92.3 Å². The van der Waals surface area contributed by atoms with Crippen molar-refractivity contribution in [3.05, 3.63) is 59.2 Å². The summed E-state index contributed by atoms with van der Waals surface area (Å²) >= 11 is 0. The molecule has 3 aliphatic rings. The van der Waals surface area contributed by atoms with E-state index < -0.39 is 12.0 Å². The molecule has 1 aliphatic carbocycles. The van der Waals surface area contributed by atoms with Crippen LogP contribution in [0.5, 0.6) is 0 Å². The third-order valence-electron chi connectivity index (χ3n) is 9.22. The van der Waals surface area contributed by atoms with Crippen LogP contribution in [0.15, 0.2) is 42.5 Å². The largest absolute Gasteiger partial charge is 0.478 e. The third kappa shape index (κ3) is 6.93. The van der Waals surface area contributed by atoms with Crippen molar-refractivity contribution in [2.45, 2.75) is 57.1 Å². The van der Waals surface area contributed by atoms with Gasteiger partial charge in [0.1, 0.15) is 6.04 Å². The van der Waals surface area contributed by atoms with Crippen LogP contribution in [0.1, 0.15) is 66.1 Å². The van der Waals surface area contributed by atoms with Gasteiger partial charge < -0.3 is 36.0 Å². The van der Waals surface area contributed by atoms with Crippen LogP contribution >= 0.6 is 0 Å². The molecule has 2 aromatic carbocycles. The van der Waals surface area contributed by atoms with Gasteiger partial charge in [0.2, 0.25) is 5.91 Å². The molecular weight excluding hydrogens is 548 g/mol. The highest BCUT2D eigenvalue weighted by molar-refractivity contribution is 5.99. The van der Waals surface area contributed by atoms with E-state index in [0.717, 1.165) is 68.4 Å². The fourth-order valence-corrected chi connectivity index (χ4v) is 6.81. The number of nitrogens with one attached hydrogen (secondary N) is 3. The lowest BCUT2D eigenvalue weighted by Crippen LogP contribution is -2.48. The SMILES string of the molecule is COC1CCN(c2cccc3c2CCN(C(=O)[C@H]2CC[C@H](CNC(=N)N)CC2)C3C(=O)Nc2ccc(C(=O)O)cc2)CC1. The Bertz CT molecular complexity index is 1330. The average molecular weight is 591 g/mol. The summed E-state index contributed by atoms with van der Waals surface area (Å²) in [5.74, 6) is -1.21. The van der Waals surface area contributed by atoms with E-state index in [1.807, 2.05) is 12.1 Å². The van der Waals surface area contributed by atoms with Crippen LogP contribution in [0.25, 0.3) is 0 Å². The molecule has 11 heteroatoms. The first kappa shape index (κ1) is 30.3. The van der Waals surface area contributed by atoms with Crippen molar-refractivity contribution in [2.75, 3.05) is 43.5 Å². The monoisotopic (exact) mass is 590 g/mol. The molecule has 0 radical (unpaired) electrons. The summed E-state index contributed by atoms with van der Waals surface area (Å²) in [5.41, 5.74) is 9.11. The van der Waals surface area contributed by atoms with E-state index in [0.29, 0.717) is 31.1 Å². The Morgan fingerprint density at radius 2 is 1.70 bits per heavy atom. The number of fused-ring (bicyclic) bond motifs is 1. The van der Waals surface area contributed by atoms with E-state index in [4.69, 9.17) is 15.9 Å². The van der Waals surface area contributed by atoms with Crippen LogP contribution in [-0.2, 0) is 20.7 Å². The fraction of sp³-hybridized carbons (Fsp3) is 0.500. The quantitative estimate of drug-likeness (QED) is 0.231. The number of nitrogens with two attached hydrogens (primary N) is 1. The Balaban J connectivity index is 1.39. The van der Waals surface area contributed by atoms with E-state index in [9.17, 15) is 19.5 Å². The number of nitrogens with zero attached hydrogens (tertiary/aromatic N) is 2. The summed E-state index contributed by atoms with van der Waals surface area (Å²) in [4.78, 5) is 43.5. The number of amides is 2. The molecule has 43 heavy (non-hydrogen) atoms. The first-order valence-corrected chi connectivity index (χ1v) is 15.2. The second kappa shape index (κ2) is 13.5. The van der Waals surface area contributed by atoms with Gasteiger partial charge in [0.05, 0.1) is 11.7 Å². The number of aromatic carboxylic acids is 1. The number of carboxylic acids is 1. The minimum atomic E-state index is -1.04. The molecule has 2 aromatic rings. The number of hydrogen-bond donors (Lipinski definition) is 5. The van der Waals surface area contributed by atoms with Gasteiger partial charge in [-0.1, -0.05) is 12.1 Å². The smallest absolute Gasteiger partial charge is 0.335 e. The molecule has 2 heterocycles. The number of piperidine rings is 1. The molecule has 2 fully saturated rings. The summed E-state index contributed by atoms with van der Waals surface area (Å²) in [6.07, 6.45) is 5.96. The molecule has 5 rings (SSSR count). The van der Waals surface area contributed by atoms with Crippen LogP contribution in [0.2, 0.25) is 0 Å². The van der Waals surface area contributed by atoms with Crippen molar-refractivity contribution < 1.29 is 24.2 Å². The van der Waals surface area contributed by atoms with Gasteiger partial charge >= 0.3 is 5.97 Å². The highest BCUT2D eigenvalue weighted by Gasteiger charge is 2.40. The molecule has 2 amide bonds. The molecule has 1 saturated carbocycles. The van der Waals surface area contributed by atoms with Crippen LogP contribution < -0.4 is 21.3 Å². The number of methoxy groups -OCH3 is 1. The molecule has 230 valence electrons. The van der Waals surface area contributed by atoms with Gasteiger partial charge in [0, 0.05) is 50.6 Å². The zero-order valence-corrected chi connectivity index (χ0v) is 24.7. The number of rotatable bonds is 8. The molecular formula is C32H42N6O5.